The first-order chi connectivity index (χ1) is 9.96. The lowest BCUT2D eigenvalue weighted by atomic mass is 10.1. The van der Waals surface area contributed by atoms with Crippen molar-refractivity contribution in [2.75, 3.05) is 25.6 Å². The van der Waals surface area contributed by atoms with Crippen molar-refractivity contribution < 1.29 is 14.6 Å². The topological polar surface area (TPSA) is 70.6 Å². The molecular formula is C15H23ClN2O3. The quantitative estimate of drug-likeness (QED) is 0.688. The van der Waals surface area contributed by atoms with Crippen LogP contribution in [0.3, 0.4) is 0 Å². The Morgan fingerprint density at radius 3 is 2.76 bits per heavy atom. The largest absolute Gasteiger partial charge is 0.495 e. The van der Waals surface area contributed by atoms with Crippen LogP contribution in [0.2, 0.25) is 5.02 Å². The molecule has 2 unspecified atom stereocenters. The summed E-state index contributed by atoms with van der Waals surface area (Å²) in [6, 6.07) is 5.09. The summed E-state index contributed by atoms with van der Waals surface area (Å²) in [5.74, 6) is 0.623. The number of carbonyl (C=O) groups is 1. The molecule has 1 rings (SSSR count). The van der Waals surface area contributed by atoms with Crippen molar-refractivity contribution in [2.45, 2.75) is 26.3 Å². The fourth-order valence-electron chi connectivity index (χ4n) is 1.80. The minimum absolute atomic E-state index is 0.0178. The van der Waals surface area contributed by atoms with Crippen LogP contribution in [0.5, 0.6) is 5.75 Å². The smallest absolute Gasteiger partial charge is 0.226 e. The lowest BCUT2D eigenvalue weighted by Crippen LogP contribution is -2.34. The second-order valence-electron chi connectivity index (χ2n) is 5.19. The number of aliphatic hydroxyl groups is 1. The molecule has 0 fully saturated rings. The lowest BCUT2D eigenvalue weighted by Gasteiger charge is -2.17. The number of benzene rings is 1. The van der Waals surface area contributed by atoms with E-state index in [1.54, 1.807) is 25.3 Å². The fourth-order valence-corrected chi connectivity index (χ4v) is 1.97. The molecule has 1 amide bonds. The number of ether oxygens (including phenoxy) is 1. The Hall–Kier alpha value is -1.30. The van der Waals surface area contributed by atoms with E-state index in [0.717, 1.165) is 0 Å². The van der Waals surface area contributed by atoms with Crippen LogP contribution in [-0.2, 0) is 4.79 Å². The molecule has 0 aliphatic heterocycles. The molecule has 0 heterocycles. The van der Waals surface area contributed by atoms with Crippen LogP contribution in [0.15, 0.2) is 18.2 Å². The van der Waals surface area contributed by atoms with Crippen molar-refractivity contribution in [1.29, 1.82) is 0 Å². The average Bonchev–Trinajstić information content (AvgIpc) is 2.44. The molecule has 5 nitrogen and oxygen atoms in total. The van der Waals surface area contributed by atoms with Gasteiger partial charge in [0, 0.05) is 30.6 Å². The second-order valence-corrected chi connectivity index (χ2v) is 5.63. The highest BCUT2D eigenvalue weighted by molar-refractivity contribution is 6.31. The minimum Gasteiger partial charge on any atom is -0.495 e. The molecule has 118 valence electrons. The van der Waals surface area contributed by atoms with Crippen LogP contribution < -0.4 is 15.4 Å². The molecule has 0 radical (unpaired) electrons. The zero-order chi connectivity index (χ0) is 15.8. The predicted octanol–water partition coefficient (Wildman–Crippen LogP) is 2.28. The second kappa shape index (κ2) is 8.87. The highest BCUT2D eigenvalue weighted by Crippen LogP contribution is 2.27. The van der Waals surface area contributed by atoms with Gasteiger partial charge in [-0.2, -0.15) is 0 Å². The number of nitrogens with one attached hydrogen (secondary N) is 2. The third-order valence-corrected chi connectivity index (χ3v) is 3.29. The van der Waals surface area contributed by atoms with Gasteiger partial charge in [0.15, 0.2) is 0 Å². The SMILES string of the molecule is COc1ccc(Cl)cc1NC(=O)CC(C)NCC(C)CO. The number of rotatable bonds is 8. The molecule has 6 heteroatoms. The van der Waals surface area contributed by atoms with Crippen molar-refractivity contribution in [2.24, 2.45) is 5.92 Å². The van der Waals surface area contributed by atoms with E-state index in [-0.39, 0.29) is 24.5 Å². The summed E-state index contributed by atoms with van der Waals surface area (Å²) in [4.78, 5) is 12.0. The number of amides is 1. The maximum Gasteiger partial charge on any atom is 0.226 e. The van der Waals surface area contributed by atoms with Gasteiger partial charge in [-0.25, -0.2) is 0 Å². The summed E-state index contributed by atoms with van der Waals surface area (Å²) in [5, 5.41) is 15.5. The first kappa shape index (κ1) is 17.8. The third-order valence-electron chi connectivity index (χ3n) is 3.05. The van der Waals surface area contributed by atoms with Gasteiger partial charge >= 0.3 is 0 Å². The Bertz CT molecular complexity index is 468. The number of carbonyl (C=O) groups excluding carboxylic acids is 1. The summed E-state index contributed by atoms with van der Waals surface area (Å²) in [6.07, 6.45) is 0.327. The van der Waals surface area contributed by atoms with Crippen molar-refractivity contribution in [1.82, 2.24) is 5.32 Å². The van der Waals surface area contributed by atoms with Gasteiger partial charge in [-0.15, -0.1) is 0 Å². The van der Waals surface area contributed by atoms with E-state index in [1.807, 2.05) is 13.8 Å². The zero-order valence-corrected chi connectivity index (χ0v) is 13.4. The fraction of sp³-hybridized carbons (Fsp3) is 0.533. The number of methoxy groups -OCH3 is 1. The predicted molar refractivity (Wildman–Crippen MR) is 85.0 cm³/mol. The molecular weight excluding hydrogens is 292 g/mol. The Balaban J connectivity index is 2.51. The Kier molecular flexibility index (Phi) is 7.50. The van der Waals surface area contributed by atoms with Gasteiger partial charge < -0.3 is 20.5 Å². The van der Waals surface area contributed by atoms with Crippen molar-refractivity contribution >= 4 is 23.2 Å². The van der Waals surface area contributed by atoms with Crippen LogP contribution in [-0.4, -0.2) is 37.3 Å². The molecule has 0 spiro atoms. The van der Waals surface area contributed by atoms with E-state index in [4.69, 9.17) is 21.4 Å². The van der Waals surface area contributed by atoms with Crippen LogP contribution in [0.25, 0.3) is 0 Å². The van der Waals surface area contributed by atoms with E-state index in [2.05, 4.69) is 10.6 Å². The van der Waals surface area contributed by atoms with Crippen LogP contribution in [0.4, 0.5) is 5.69 Å². The number of hydrogen-bond acceptors (Lipinski definition) is 4. The summed E-state index contributed by atoms with van der Waals surface area (Å²) < 4.78 is 5.18. The average molecular weight is 315 g/mol. The van der Waals surface area contributed by atoms with Gasteiger partial charge in [0.25, 0.3) is 0 Å². The van der Waals surface area contributed by atoms with Crippen LogP contribution >= 0.6 is 11.6 Å². The number of aliphatic hydroxyl groups excluding tert-OH is 1. The van der Waals surface area contributed by atoms with Gasteiger partial charge in [0.2, 0.25) is 5.91 Å². The van der Waals surface area contributed by atoms with Gasteiger partial charge in [0.1, 0.15) is 5.75 Å². The van der Waals surface area contributed by atoms with E-state index < -0.39 is 0 Å². The molecule has 2 atom stereocenters. The minimum atomic E-state index is -0.118. The zero-order valence-electron chi connectivity index (χ0n) is 12.6. The molecule has 1 aromatic rings. The van der Waals surface area contributed by atoms with Crippen LogP contribution in [0, 0.1) is 5.92 Å². The van der Waals surface area contributed by atoms with Crippen molar-refractivity contribution in [3.63, 3.8) is 0 Å². The lowest BCUT2D eigenvalue weighted by molar-refractivity contribution is -0.116. The van der Waals surface area contributed by atoms with Crippen molar-refractivity contribution in [3.8, 4) is 5.75 Å². The first-order valence-corrected chi connectivity index (χ1v) is 7.31. The number of anilines is 1. The van der Waals surface area contributed by atoms with E-state index in [1.165, 1.54) is 0 Å². The molecule has 1 aromatic carbocycles. The van der Waals surface area contributed by atoms with Crippen LogP contribution in [0.1, 0.15) is 20.3 Å². The van der Waals surface area contributed by atoms with Gasteiger partial charge in [-0.1, -0.05) is 18.5 Å². The summed E-state index contributed by atoms with van der Waals surface area (Å²) in [7, 11) is 1.54. The normalized spacial score (nSPS) is 13.6. The number of halogens is 1. The van der Waals surface area contributed by atoms with Crippen molar-refractivity contribution in [3.05, 3.63) is 23.2 Å². The summed E-state index contributed by atoms with van der Waals surface area (Å²) in [5.41, 5.74) is 0.561. The van der Waals surface area contributed by atoms with E-state index in [9.17, 15) is 4.79 Å². The molecule has 0 aromatic heterocycles. The van der Waals surface area contributed by atoms with Gasteiger partial charge in [0.05, 0.1) is 12.8 Å². The van der Waals surface area contributed by atoms with Gasteiger partial charge in [-0.3, -0.25) is 4.79 Å². The number of hydrogen-bond donors (Lipinski definition) is 3. The first-order valence-electron chi connectivity index (χ1n) is 6.93. The van der Waals surface area contributed by atoms with E-state index in [0.29, 0.717) is 29.4 Å². The standard InChI is InChI=1S/C15H23ClN2O3/c1-10(9-19)8-17-11(2)6-15(20)18-13-7-12(16)4-5-14(13)21-3/h4-5,7,10-11,17,19H,6,8-9H2,1-3H3,(H,18,20). The molecule has 0 bridgehead atoms. The summed E-state index contributed by atoms with van der Waals surface area (Å²) in [6.45, 7) is 4.67. The summed E-state index contributed by atoms with van der Waals surface area (Å²) >= 11 is 5.92. The Morgan fingerprint density at radius 2 is 2.14 bits per heavy atom. The molecule has 3 N–H and O–H groups in total. The van der Waals surface area contributed by atoms with E-state index >= 15 is 0 Å². The Labute approximate surface area is 130 Å². The third kappa shape index (κ3) is 6.33. The van der Waals surface area contributed by atoms with Gasteiger partial charge in [-0.05, 0) is 31.0 Å². The highest BCUT2D eigenvalue weighted by Gasteiger charge is 2.12. The molecule has 0 aliphatic carbocycles. The molecule has 21 heavy (non-hydrogen) atoms. The molecule has 0 saturated heterocycles. The maximum absolute atomic E-state index is 12.0. The monoisotopic (exact) mass is 314 g/mol. The Morgan fingerprint density at radius 1 is 1.43 bits per heavy atom. The molecule has 0 aliphatic rings. The maximum atomic E-state index is 12.0. The highest BCUT2D eigenvalue weighted by atomic mass is 35.5. The molecule has 0 saturated carbocycles.